The molecule has 23 heavy (non-hydrogen) atoms. The first-order valence-corrected chi connectivity index (χ1v) is 8.74. The number of fused-ring (bicyclic) bond motifs is 1. The van der Waals surface area contributed by atoms with Gasteiger partial charge in [-0.15, -0.1) is 0 Å². The maximum atomic E-state index is 11.1. The highest BCUT2D eigenvalue weighted by Crippen LogP contribution is 2.61. The van der Waals surface area contributed by atoms with Gasteiger partial charge in [0.2, 0.25) is 0 Å². The van der Waals surface area contributed by atoms with Crippen molar-refractivity contribution in [3.05, 3.63) is 23.8 Å². The number of rotatable bonds is 5. The Labute approximate surface area is 139 Å². The molecule has 0 aromatic rings. The number of hydrogen-bond donors (Lipinski definition) is 1. The molecule has 0 bridgehead atoms. The van der Waals surface area contributed by atoms with E-state index >= 15 is 0 Å². The smallest absolute Gasteiger partial charge is 0.307 e. The molecule has 0 spiro atoms. The molecule has 2 aliphatic rings. The van der Waals surface area contributed by atoms with Gasteiger partial charge < -0.3 is 5.11 Å². The molecule has 3 heteroatoms. The molecule has 0 aliphatic heterocycles. The van der Waals surface area contributed by atoms with Crippen molar-refractivity contribution in [1.29, 1.82) is 0 Å². The molecule has 0 radical (unpaired) electrons. The van der Waals surface area contributed by atoms with E-state index in [0.29, 0.717) is 29.1 Å². The van der Waals surface area contributed by atoms with Crippen LogP contribution >= 0.6 is 0 Å². The standard InChI is InChI=1S/C20H30O3/c1-14-6-9-17-19(2,3)10-5-11-20(17,4)16(14)8-7-15(13-21)12-18(22)23/h7,13,16-17H,1,5-6,8-12H2,2-4H3,(H,22,23)/b15-7-/t16-,17+,20+/m0/s1. The van der Waals surface area contributed by atoms with Crippen LogP contribution in [0.5, 0.6) is 0 Å². The van der Waals surface area contributed by atoms with Crippen molar-refractivity contribution < 1.29 is 14.7 Å². The minimum absolute atomic E-state index is 0.186. The van der Waals surface area contributed by atoms with E-state index in [0.717, 1.165) is 12.8 Å². The van der Waals surface area contributed by atoms with Gasteiger partial charge in [-0.2, -0.15) is 0 Å². The summed E-state index contributed by atoms with van der Waals surface area (Å²) in [5.41, 5.74) is 2.22. The molecule has 2 aliphatic carbocycles. The second kappa shape index (κ2) is 6.62. The second-order valence-corrected chi connectivity index (χ2v) is 8.35. The first kappa shape index (κ1) is 18.0. The van der Waals surface area contributed by atoms with Crippen LogP contribution in [-0.4, -0.2) is 17.4 Å². The zero-order valence-electron chi connectivity index (χ0n) is 14.7. The Hall–Kier alpha value is -1.38. The summed E-state index contributed by atoms with van der Waals surface area (Å²) < 4.78 is 0. The van der Waals surface area contributed by atoms with Gasteiger partial charge in [0.25, 0.3) is 0 Å². The third kappa shape index (κ3) is 3.59. The molecule has 0 amide bonds. The van der Waals surface area contributed by atoms with Gasteiger partial charge in [-0.1, -0.05) is 45.4 Å². The molecule has 0 unspecified atom stereocenters. The largest absolute Gasteiger partial charge is 0.481 e. The molecule has 0 saturated heterocycles. The van der Waals surface area contributed by atoms with Crippen LogP contribution in [0.1, 0.15) is 65.7 Å². The monoisotopic (exact) mass is 318 g/mol. The zero-order chi connectivity index (χ0) is 17.3. The van der Waals surface area contributed by atoms with Gasteiger partial charge in [0.15, 0.2) is 0 Å². The summed E-state index contributed by atoms with van der Waals surface area (Å²) in [6, 6.07) is 0. The van der Waals surface area contributed by atoms with E-state index in [2.05, 4.69) is 27.4 Å². The molecule has 128 valence electrons. The van der Waals surface area contributed by atoms with Crippen molar-refractivity contribution in [2.75, 3.05) is 0 Å². The lowest BCUT2D eigenvalue weighted by Crippen LogP contribution is -2.49. The van der Waals surface area contributed by atoms with Crippen LogP contribution in [0.3, 0.4) is 0 Å². The van der Waals surface area contributed by atoms with Gasteiger partial charge in [0.05, 0.1) is 6.42 Å². The van der Waals surface area contributed by atoms with Crippen molar-refractivity contribution in [3.8, 4) is 0 Å². The van der Waals surface area contributed by atoms with Gasteiger partial charge in [-0.25, -0.2) is 0 Å². The maximum Gasteiger partial charge on any atom is 0.307 e. The molecule has 0 aromatic heterocycles. The normalized spacial score (nSPS) is 33.9. The highest BCUT2D eigenvalue weighted by molar-refractivity contribution is 5.83. The van der Waals surface area contributed by atoms with Gasteiger partial charge in [0, 0.05) is 0 Å². The van der Waals surface area contributed by atoms with Crippen LogP contribution < -0.4 is 0 Å². The summed E-state index contributed by atoms with van der Waals surface area (Å²) in [6.07, 6.45) is 9.06. The van der Waals surface area contributed by atoms with E-state index in [1.54, 1.807) is 0 Å². The minimum atomic E-state index is -0.950. The number of carbonyl (C=O) groups is 2. The molecule has 2 fully saturated rings. The predicted octanol–water partition coefficient (Wildman–Crippen LogP) is 4.78. The second-order valence-electron chi connectivity index (χ2n) is 8.35. The lowest BCUT2D eigenvalue weighted by molar-refractivity contribution is -0.136. The summed E-state index contributed by atoms with van der Waals surface area (Å²) in [5, 5.41) is 8.89. The molecular formula is C20H30O3. The van der Waals surface area contributed by atoms with E-state index in [9.17, 15) is 9.59 Å². The minimum Gasteiger partial charge on any atom is -0.481 e. The van der Waals surface area contributed by atoms with Crippen molar-refractivity contribution >= 4 is 12.3 Å². The van der Waals surface area contributed by atoms with Crippen LogP contribution in [0, 0.1) is 22.7 Å². The Balaban J connectivity index is 2.24. The number of allylic oxidation sites excluding steroid dienone is 2. The first-order valence-electron chi connectivity index (χ1n) is 8.74. The summed E-state index contributed by atoms with van der Waals surface area (Å²) in [7, 11) is 0. The number of carboxylic acids is 1. The fourth-order valence-corrected chi connectivity index (χ4v) is 5.32. The fourth-order valence-electron chi connectivity index (χ4n) is 5.32. The van der Waals surface area contributed by atoms with Crippen molar-refractivity contribution in [3.63, 3.8) is 0 Å². The predicted molar refractivity (Wildman–Crippen MR) is 92.1 cm³/mol. The fraction of sp³-hybridized carbons (Fsp3) is 0.700. The van der Waals surface area contributed by atoms with Gasteiger partial charge >= 0.3 is 5.97 Å². The van der Waals surface area contributed by atoms with Crippen LogP contribution in [0.25, 0.3) is 0 Å². The SMILES string of the molecule is C=C1CC[C@@H]2C(C)(C)CCC[C@]2(C)[C@H]1C/C=C(\C=O)CC(=O)O. The first-order chi connectivity index (χ1) is 10.7. The topological polar surface area (TPSA) is 54.4 Å². The van der Waals surface area contributed by atoms with Crippen molar-refractivity contribution in [1.82, 2.24) is 0 Å². The van der Waals surface area contributed by atoms with Crippen LogP contribution in [0.4, 0.5) is 0 Å². The Morgan fingerprint density at radius 2 is 2.04 bits per heavy atom. The average Bonchev–Trinajstić information content (AvgIpc) is 2.43. The third-order valence-corrected chi connectivity index (χ3v) is 6.44. The quantitative estimate of drug-likeness (QED) is 0.451. The number of carbonyl (C=O) groups excluding carboxylic acids is 1. The van der Waals surface area contributed by atoms with E-state index < -0.39 is 5.97 Å². The number of aliphatic carboxylic acids is 1. The van der Waals surface area contributed by atoms with Gasteiger partial charge in [0.1, 0.15) is 6.29 Å². The number of aldehydes is 1. The third-order valence-electron chi connectivity index (χ3n) is 6.44. The molecule has 3 atom stereocenters. The van der Waals surface area contributed by atoms with Crippen LogP contribution in [0.2, 0.25) is 0 Å². The van der Waals surface area contributed by atoms with E-state index in [-0.39, 0.29) is 11.8 Å². The van der Waals surface area contributed by atoms with E-state index in [1.807, 2.05) is 6.08 Å². The van der Waals surface area contributed by atoms with E-state index in [1.165, 1.54) is 31.3 Å². The lowest BCUT2D eigenvalue weighted by atomic mass is 9.47. The highest BCUT2D eigenvalue weighted by atomic mass is 16.4. The number of carboxylic acid groups (broad SMARTS) is 1. The molecule has 3 nitrogen and oxygen atoms in total. The summed E-state index contributed by atoms with van der Waals surface area (Å²) in [4.78, 5) is 21.9. The summed E-state index contributed by atoms with van der Waals surface area (Å²) in [6.45, 7) is 11.5. The Bertz CT molecular complexity index is 529. The van der Waals surface area contributed by atoms with Crippen LogP contribution in [-0.2, 0) is 9.59 Å². The Morgan fingerprint density at radius 1 is 1.35 bits per heavy atom. The van der Waals surface area contributed by atoms with Gasteiger partial charge in [-0.3, -0.25) is 9.59 Å². The van der Waals surface area contributed by atoms with Gasteiger partial charge in [-0.05, 0) is 60.3 Å². The zero-order valence-corrected chi connectivity index (χ0v) is 14.7. The highest BCUT2D eigenvalue weighted by Gasteiger charge is 2.52. The van der Waals surface area contributed by atoms with Crippen molar-refractivity contribution in [2.24, 2.45) is 22.7 Å². The molecule has 0 aromatic carbocycles. The Morgan fingerprint density at radius 3 is 2.65 bits per heavy atom. The molecule has 2 rings (SSSR count). The molecule has 1 N–H and O–H groups in total. The molecule has 0 heterocycles. The van der Waals surface area contributed by atoms with Crippen molar-refractivity contribution in [2.45, 2.75) is 65.7 Å². The summed E-state index contributed by atoms with van der Waals surface area (Å²) in [5.74, 6) is 0.0742. The van der Waals surface area contributed by atoms with E-state index in [4.69, 9.17) is 5.11 Å². The Kier molecular flexibility index (Phi) is 5.17. The summed E-state index contributed by atoms with van der Waals surface area (Å²) >= 11 is 0. The molecule has 2 saturated carbocycles. The average molecular weight is 318 g/mol. The lowest BCUT2D eigenvalue weighted by Gasteiger charge is -2.58. The van der Waals surface area contributed by atoms with Crippen LogP contribution in [0.15, 0.2) is 23.8 Å². The number of hydrogen-bond acceptors (Lipinski definition) is 2. The maximum absolute atomic E-state index is 11.1. The molecular weight excluding hydrogens is 288 g/mol.